The standard InChI is InChI=1S/C13H23NO5/c1-2-3-4-5-6-7-12(17)19-13(18)10(14)8-9-11(15)16/h10H,2-9,14H2,1H3,(H,15,16). The van der Waals surface area contributed by atoms with Crippen LogP contribution in [0.4, 0.5) is 0 Å². The fraction of sp³-hybridized carbons (Fsp3) is 0.769. The summed E-state index contributed by atoms with van der Waals surface area (Å²) in [6.07, 6.45) is 4.89. The summed E-state index contributed by atoms with van der Waals surface area (Å²) in [6, 6.07) is -1.06. The van der Waals surface area contributed by atoms with E-state index in [1.807, 2.05) is 0 Å². The number of hydrogen-bond donors (Lipinski definition) is 2. The van der Waals surface area contributed by atoms with Crippen LogP contribution in [-0.4, -0.2) is 29.1 Å². The van der Waals surface area contributed by atoms with Crippen LogP contribution in [0.25, 0.3) is 0 Å². The predicted octanol–water partition coefficient (Wildman–Crippen LogP) is 1.61. The molecule has 0 aliphatic carbocycles. The summed E-state index contributed by atoms with van der Waals surface area (Å²) in [5.74, 6) is -2.47. The lowest BCUT2D eigenvalue weighted by molar-refractivity contribution is -0.160. The molecule has 0 aromatic rings. The van der Waals surface area contributed by atoms with Gasteiger partial charge < -0.3 is 15.6 Å². The van der Waals surface area contributed by atoms with Gasteiger partial charge in [-0.1, -0.05) is 32.6 Å². The summed E-state index contributed by atoms with van der Waals surface area (Å²) >= 11 is 0. The maximum absolute atomic E-state index is 11.3. The van der Waals surface area contributed by atoms with Gasteiger partial charge in [0.2, 0.25) is 0 Å². The Morgan fingerprint density at radius 3 is 2.32 bits per heavy atom. The highest BCUT2D eigenvalue weighted by Crippen LogP contribution is 2.06. The molecule has 0 amide bonds. The lowest BCUT2D eigenvalue weighted by atomic mass is 10.1. The van der Waals surface area contributed by atoms with Crippen LogP contribution in [0.5, 0.6) is 0 Å². The topological polar surface area (TPSA) is 107 Å². The number of hydrogen-bond acceptors (Lipinski definition) is 5. The second-order valence-electron chi connectivity index (χ2n) is 4.50. The zero-order valence-electron chi connectivity index (χ0n) is 11.4. The normalized spacial score (nSPS) is 11.9. The van der Waals surface area contributed by atoms with Crippen molar-refractivity contribution < 1.29 is 24.2 Å². The van der Waals surface area contributed by atoms with Crippen LogP contribution in [0, 0.1) is 0 Å². The first kappa shape index (κ1) is 17.6. The Balaban J connectivity index is 3.73. The molecule has 0 spiro atoms. The van der Waals surface area contributed by atoms with E-state index in [2.05, 4.69) is 11.7 Å². The van der Waals surface area contributed by atoms with Crippen LogP contribution in [-0.2, 0) is 19.1 Å². The first-order valence-electron chi connectivity index (χ1n) is 6.69. The Morgan fingerprint density at radius 2 is 1.74 bits per heavy atom. The number of nitrogens with two attached hydrogens (primary N) is 1. The van der Waals surface area contributed by atoms with Crippen molar-refractivity contribution in [2.24, 2.45) is 5.73 Å². The zero-order chi connectivity index (χ0) is 14.7. The molecular formula is C13H23NO5. The van der Waals surface area contributed by atoms with E-state index >= 15 is 0 Å². The predicted molar refractivity (Wildman–Crippen MR) is 69.3 cm³/mol. The molecular weight excluding hydrogens is 250 g/mol. The number of carboxylic acid groups (broad SMARTS) is 1. The van der Waals surface area contributed by atoms with Crippen LogP contribution in [0.15, 0.2) is 0 Å². The van der Waals surface area contributed by atoms with Gasteiger partial charge >= 0.3 is 17.9 Å². The van der Waals surface area contributed by atoms with Gasteiger partial charge in [-0.15, -0.1) is 0 Å². The smallest absolute Gasteiger partial charge is 0.330 e. The Hall–Kier alpha value is -1.43. The van der Waals surface area contributed by atoms with Gasteiger partial charge in [-0.05, 0) is 12.8 Å². The van der Waals surface area contributed by atoms with Crippen LogP contribution >= 0.6 is 0 Å². The summed E-state index contributed by atoms with van der Waals surface area (Å²) in [4.78, 5) is 33.0. The SMILES string of the molecule is CCCCCCCC(=O)OC(=O)C(N)CCC(=O)O. The van der Waals surface area contributed by atoms with Gasteiger partial charge in [-0.25, -0.2) is 4.79 Å². The van der Waals surface area contributed by atoms with Gasteiger partial charge in [0.05, 0.1) is 0 Å². The zero-order valence-corrected chi connectivity index (χ0v) is 11.4. The van der Waals surface area contributed by atoms with Crippen LogP contribution < -0.4 is 5.73 Å². The lowest BCUT2D eigenvalue weighted by Crippen LogP contribution is -2.34. The summed E-state index contributed by atoms with van der Waals surface area (Å²) < 4.78 is 4.56. The van der Waals surface area contributed by atoms with E-state index in [4.69, 9.17) is 10.8 Å². The molecule has 0 bridgehead atoms. The Morgan fingerprint density at radius 1 is 1.11 bits per heavy atom. The Bertz CT molecular complexity index is 303. The number of esters is 2. The molecule has 19 heavy (non-hydrogen) atoms. The maximum Gasteiger partial charge on any atom is 0.330 e. The van der Waals surface area contributed by atoms with Gasteiger partial charge in [-0.3, -0.25) is 9.59 Å². The van der Waals surface area contributed by atoms with Gasteiger partial charge in [0.1, 0.15) is 6.04 Å². The van der Waals surface area contributed by atoms with Crippen molar-refractivity contribution in [3.8, 4) is 0 Å². The van der Waals surface area contributed by atoms with Crippen molar-refractivity contribution in [1.29, 1.82) is 0 Å². The molecule has 0 aromatic carbocycles. The Labute approximate surface area is 113 Å². The van der Waals surface area contributed by atoms with Gasteiger partial charge in [0, 0.05) is 12.8 Å². The van der Waals surface area contributed by atoms with Gasteiger partial charge in [-0.2, -0.15) is 0 Å². The molecule has 110 valence electrons. The van der Waals surface area contributed by atoms with Crippen molar-refractivity contribution in [3.63, 3.8) is 0 Å². The number of ether oxygens (including phenoxy) is 1. The highest BCUT2D eigenvalue weighted by molar-refractivity contribution is 5.88. The number of carbonyl (C=O) groups is 3. The van der Waals surface area contributed by atoms with E-state index < -0.39 is 23.9 Å². The molecule has 0 aliphatic heterocycles. The monoisotopic (exact) mass is 273 g/mol. The second kappa shape index (κ2) is 10.5. The van der Waals surface area contributed by atoms with Crippen LogP contribution in [0.2, 0.25) is 0 Å². The van der Waals surface area contributed by atoms with E-state index in [0.29, 0.717) is 6.42 Å². The molecule has 0 rings (SSSR count). The maximum atomic E-state index is 11.3. The first-order chi connectivity index (χ1) is 8.97. The van der Waals surface area contributed by atoms with Crippen molar-refractivity contribution in [2.45, 2.75) is 64.3 Å². The van der Waals surface area contributed by atoms with Crippen molar-refractivity contribution >= 4 is 17.9 Å². The molecule has 0 saturated carbocycles. The van der Waals surface area contributed by atoms with E-state index in [-0.39, 0.29) is 19.3 Å². The molecule has 0 saturated heterocycles. The number of carboxylic acids is 1. The minimum atomic E-state index is -1.06. The molecule has 1 atom stereocenters. The fourth-order valence-electron chi connectivity index (χ4n) is 1.51. The molecule has 6 heteroatoms. The van der Waals surface area contributed by atoms with Crippen LogP contribution in [0.3, 0.4) is 0 Å². The number of unbranched alkanes of at least 4 members (excludes halogenated alkanes) is 4. The third-order valence-electron chi connectivity index (χ3n) is 2.67. The highest BCUT2D eigenvalue weighted by Gasteiger charge is 2.19. The quantitative estimate of drug-likeness (QED) is 0.356. The fourth-order valence-corrected chi connectivity index (χ4v) is 1.51. The van der Waals surface area contributed by atoms with E-state index in [0.717, 1.165) is 25.7 Å². The molecule has 6 nitrogen and oxygen atoms in total. The minimum Gasteiger partial charge on any atom is -0.481 e. The minimum absolute atomic E-state index is 0.0298. The molecule has 0 fully saturated rings. The number of carbonyl (C=O) groups excluding carboxylic acids is 2. The molecule has 0 aliphatic rings. The first-order valence-corrected chi connectivity index (χ1v) is 6.69. The van der Waals surface area contributed by atoms with E-state index in [1.54, 1.807) is 0 Å². The average Bonchev–Trinajstić information content (AvgIpc) is 2.35. The summed E-state index contributed by atoms with van der Waals surface area (Å²) in [7, 11) is 0. The highest BCUT2D eigenvalue weighted by atomic mass is 16.6. The van der Waals surface area contributed by atoms with Crippen molar-refractivity contribution in [1.82, 2.24) is 0 Å². The number of aliphatic carboxylic acids is 1. The summed E-state index contributed by atoms with van der Waals surface area (Å²) in [5, 5.41) is 8.44. The average molecular weight is 273 g/mol. The van der Waals surface area contributed by atoms with Crippen LogP contribution in [0.1, 0.15) is 58.3 Å². The van der Waals surface area contributed by atoms with E-state index in [1.165, 1.54) is 0 Å². The third-order valence-corrected chi connectivity index (χ3v) is 2.67. The Kier molecular flexibility index (Phi) is 9.70. The molecule has 0 heterocycles. The van der Waals surface area contributed by atoms with Gasteiger partial charge in [0.25, 0.3) is 0 Å². The molecule has 3 N–H and O–H groups in total. The molecule has 0 aromatic heterocycles. The third kappa shape index (κ3) is 10.2. The van der Waals surface area contributed by atoms with Gasteiger partial charge in [0.15, 0.2) is 0 Å². The molecule has 1 unspecified atom stereocenters. The second-order valence-corrected chi connectivity index (χ2v) is 4.50. The van der Waals surface area contributed by atoms with E-state index in [9.17, 15) is 14.4 Å². The molecule has 0 radical (unpaired) electrons. The summed E-state index contributed by atoms with van der Waals surface area (Å²) in [5.41, 5.74) is 5.42. The lowest BCUT2D eigenvalue weighted by Gasteiger charge is -2.08. The summed E-state index contributed by atoms with van der Waals surface area (Å²) in [6.45, 7) is 2.10. The van der Waals surface area contributed by atoms with Crippen molar-refractivity contribution in [3.05, 3.63) is 0 Å². The number of rotatable bonds is 10. The van der Waals surface area contributed by atoms with Crippen molar-refractivity contribution in [2.75, 3.05) is 0 Å². The largest absolute Gasteiger partial charge is 0.481 e.